The maximum Gasteiger partial charge on any atom is 0.214 e. The van der Waals surface area contributed by atoms with Crippen molar-refractivity contribution in [1.29, 1.82) is 0 Å². The van der Waals surface area contributed by atoms with Crippen molar-refractivity contribution in [3.8, 4) is 0 Å². The van der Waals surface area contributed by atoms with Crippen LogP contribution in [0.1, 0.15) is 0 Å². The van der Waals surface area contributed by atoms with E-state index in [9.17, 15) is 8.78 Å². The molecule has 16 heavy (non-hydrogen) atoms. The minimum Gasteiger partial charge on any atom is -0.355 e. The molecule has 0 aliphatic heterocycles. The van der Waals surface area contributed by atoms with Crippen LogP contribution in [0.2, 0.25) is 5.02 Å². The van der Waals surface area contributed by atoms with Gasteiger partial charge in [0.15, 0.2) is 0 Å². The number of aromatic nitrogens is 1. The summed E-state index contributed by atoms with van der Waals surface area (Å²) in [6, 6.07) is 6.79. The van der Waals surface area contributed by atoms with Crippen molar-refractivity contribution in [2.24, 2.45) is 0 Å². The molecule has 0 radical (unpaired) electrons. The number of benzene rings is 1. The summed E-state index contributed by atoms with van der Waals surface area (Å²) in [5, 5.41) is 3.10. The lowest BCUT2D eigenvalue weighted by Gasteiger charge is -2.06. The predicted molar refractivity (Wildman–Crippen MR) is 58.9 cm³/mol. The van der Waals surface area contributed by atoms with Crippen LogP contribution in [0.25, 0.3) is 0 Å². The molecule has 0 atom stereocenters. The van der Waals surface area contributed by atoms with E-state index in [1.807, 2.05) is 0 Å². The second kappa shape index (κ2) is 4.45. The van der Waals surface area contributed by atoms with Crippen LogP contribution in [0, 0.1) is 11.8 Å². The molecule has 0 unspecified atom stereocenters. The van der Waals surface area contributed by atoms with Crippen LogP contribution in [0.5, 0.6) is 0 Å². The fourth-order valence-corrected chi connectivity index (χ4v) is 1.49. The Hall–Kier alpha value is -1.68. The van der Waals surface area contributed by atoms with Gasteiger partial charge in [-0.2, -0.15) is 4.39 Å². The molecule has 82 valence electrons. The molecule has 0 fully saturated rings. The lowest BCUT2D eigenvalue weighted by molar-refractivity contribution is 0.584. The van der Waals surface area contributed by atoms with Crippen LogP contribution in [0.4, 0.5) is 20.2 Å². The number of pyridine rings is 1. The van der Waals surface area contributed by atoms with Crippen molar-refractivity contribution in [3.63, 3.8) is 0 Å². The molecule has 0 bridgehead atoms. The van der Waals surface area contributed by atoms with Gasteiger partial charge >= 0.3 is 0 Å². The zero-order valence-electron chi connectivity index (χ0n) is 8.05. The van der Waals surface area contributed by atoms with Crippen LogP contribution in [-0.2, 0) is 0 Å². The molecule has 1 heterocycles. The van der Waals surface area contributed by atoms with Crippen molar-refractivity contribution < 1.29 is 8.78 Å². The van der Waals surface area contributed by atoms with E-state index in [0.29, 0.717) is 11.4 Å². The Bertz CT molecular complexity index is 497. The third-order valence-electron chi connectivity index (χ3n) is 1.88. The first kappa shape index (κ1) is 10.8. The molecular weight excluding hydrogens is 234 g/mol. The van der Waals surface area contributed by atoms with Crippen molar-refractivity contribution in [3.05, 3.63) is 53.3 Å². The summed E-state index contributed by atoms with van der Waals surface area (Å²) < 4.78 is 25.8. The van der Waals surface area contributed by atoms with Gasteiger partial charge in [0.25, 0.3) is 0 Å². The summed E-state index contributed by atoms with van der Waals surface area (Å²) in [4.78, 5) is 3.41. The van der Waals surface area contributed by atoms with Gasteiger partial charge in [-0.25, -0.2) is 9.37 Å². The highest BCUT2D eigenvalue weighted by molar-refractivity contribution is 6.30. The maximum absolute atomic E-state index is 13.0. The molecule has 1 N–H and O–H groups in total. The molecule has 0 saturated carbocycles. The van der Waals surface area contributed by atoms with Crippen LogP contribution >= 0.6 is 11.6 Å². The van der Waals surface area contributed by atoms with Gasteiger partial charge in [-0.1, -0.05) is 11.6 Å². The first-order valence-corrected chi connectivity index (χ1v) is 4.86. The van der Waals surface area contributed by atoms with E-state index in [1.165, 1.54) is 24.4 Å². The van der Waals surface area contributed by atoms with Crippen LogP contribution < -0.4 is 5.32 Å². The highest BCUT2D eigenvalue weighted by Crippen LogP contribution is 2.21. The SMILES string of the molecule is Fc1cc(Cl)cc(Nc2ccnc(F)c2)c1. The van der Waals surface area contributed by atoms with Gasteiger partial charge in [-0.3, -0.25) is 0 Å². The lowest BCUT2D eigenvalue weighted by atomic mass is 10.3. The number of halogens is 3. The maximum atomic E-state index is 13.0. The molecule has 2 aromatic rings. The summed E-state index contributed by atoms with van der Waals surface area (Å²) in [6.07, 6.45) is 1.32. The molecule has 5 heteroatoms. The summed E-state index contributed by atoms with van der Waals surface area (Å²) in [6.45, 7) is 0. The van der Waals surface area contributed by atoms with Crippen LogP contribution in [0.3, 0.4) is 0 Å². The monoisotopic (exact) mass is 240 g/mol. The summed E-state index contributed by atoms with van der Waals surface area (Å²) >= 11 is 5.68. The molecular formula is C11H7ClF2N2. The Morgan fingerprint density at radius 1 is 1.06 bits per heavy atom. The van der Waals surface area contributed by atoms with Crippen molar-refractivity contribution in [2.45, 2.75) is 0 Å². The van der Waals surface area contributed by atoms with Crippen molar-refractivity contribution in [1.82, 2.24) is 4.98 Å². The molecule has 2 rings (SSSR count). The first-order chi connectivity index (χ1) is 7.63. The summed E-state index contributed by atoms with van der Waals surface area (Å²) in [7, 11) is 0. The number of nitrogens with one attached hydrogen (secondary N) is 1. The number of nitrogens with zero attached hydrogens (tertiary/aromatic N) is 1. The number of hydrogen-bond donors (Lipinski definition) is 1. The van der Waals surface area contributed by atoms with Crippen LogP contribution in [-0.4, -0.2) is 4.98 Å². The third kappa shape index (κ3) is 2.67. The smallest absolute Gasteiger partial charge is 0.214 e. The highest BCUT2D eigenvalue weighted by Gasteiger charge is 2.01. The normalized spacial score (nSPS) is 10.2. The van der Waals surface area contributed by atoms with Gasteiger partial charge in [-0.05, 0) is 24.3 Å². The largest absolute Gasteiger partial charge is 0.355 e. The molecule has 0 aliphatic carbocycles. The lowest BCUT2D eigenvalue weighted by Crippen LogP contribution is -1.93. The summed E-state index contributed by atoms with van der Waals surface area (Å²) in [5.74, 6) is -1.06. The van der Waals surface area contributed by atoms with Gasteiger partial charge in [-0.15, -0.1) is 0 Å². The van der Waals surface area contributed by atoms with Gasteiger partial charge in [0.2, 0.25) is 5.95 Å². The average Bonchev–Trinajstić information content (AvgIpc) is 2.15. The first-order valence-electron chi connectivity index (χ1n) is 4.48. The number of hydrogen-bond acceptors (Lipinski definition) is 2. The van der Waals surface area contributed by atoms with E-state index >= 15 is 0 Å². The Labute approximate surface area is 95.9 Å². The average molecular weight is 241 g/mol. The predicted octanol–water partition coefficient (Wildman–Crippen LogP) is 3.76. The quantitative estimate of drug-likeness (QED) is 0.809. The van der Waals surface area contributed by atoms with Gasteiger partial charge in [0, 0.05) is 28.7 Å². The van der Waals surface area contributed by atoms with Crippen molar-refractivity contribution in [2.75, 3.05) is 5.32 Å². The Kier molecular flexibility index (Phi) is 3.01. The zero-order chi connectivity index (χ0) is 11.5. The molecule has 0 saturated heterocycles. The second-order valence-electron chi connectivity index (χ2n) is 3.15. The molecule has 2 nitrogen and oxygen atoms in total. The number of anilines is 2. The zero-order valence-corrected chi connectivity index (χ0v) is 8.80. The van der Waals surface area contributed by atoms with E-state index in [0.717, 1.165) is 0 Å². The number of rotatable bonds is 2. The minimum absolute atomic E-state index is 0.275. The van der Waals surface area contributed by atoms with E-state index in [1.54, 1.807) is 12.1 Å². The minimum atomic E-state index is -0.604. The van der Waals surface area contributed by atoms with Gasteiger partial charge < -0.3 is 5.32 Å². The molecule has 0 amide bonds. The highest BCUT2D eigenvalue weighted by atomic mass is 35.5. The van der Waals surface area contributed by atoms with E-state index in [-0.39, 0.29) is 5.02 Å². The van der Waals surface area contributed by atoms with E-state index in [2.05, 4.69) is 10.3 Å². The topological polar surface area (TPSA) is 24.9 Å². The Balaban J connectivity index is 2.27. The van der Waals surface area contributed by atoms with Crippen LogP contribution in [0.15, 0.2) is 36.5 Å². The van der Waals surface area contributed by atoms with E-state index in [4.69, 9.17) is 11.6 Å². The van der Waals surface area contributed by atoms with Gasteiger partial charge in [0.05, 0.1) is 0 Å². The fraction of sp³-hybridized carbons (Fsp3) is 0. The van der Waals surface area contributed by atoms with E-state index < -0.39 is 11.8 Å². The third-order valence-corrected chi connectivity index (χ3v) is 2.10. The Morgan fingerprint density at radius 2 is 1.88 bits per heavy atom. The summed E-state index contributed by atoms with van der Waals surface area (Å²) in [5.41, 5.74) is 0.935. The van der Waals surface area contributed by atoms with Gasteiger partial charge in [0.1, 0.15) is 5.82 Å². The molecule has 0 aliphatic rings. The fourth-order valence-electron chi connectivity index (χ4n) is 1.27. The van der Waals surface area contributed by atoms with Crippen molar-refractivity contribution >= 4 is 23.0 Å². The molecule has 0 spiro atoms. The molecule has 1 aromatic heterocycles. The standard InChI is InChI=1S/C11H7ClF2N2/c12-7-3-8(13)5-10(4-7)16-9-1-2-15-11(14)6-9/h1-6H,(H,15,16). The molecule has 1 aromatic carbocycles. The Morgan fingerprint density at radius 3 is 2.56 bits per heavy atom. The second-order valence-corrected chi connectivity index (χ2v) is 3.59.